The summed E-state index contributed by atoms with van der Waals surface area (Å²) in [5.74, 6) is 1.02. The Labute approximate surface area is 190 Å². The van der Waals surface area contributed by atoms with E-state index in [-0.39, 0.29) is 5.97 Å². The number of esters is 1. The summed E-state index contributed by atoms with van der Waals surface area (Å²) in [6.07, 6.45) is 3.70. The molecule has 0 saturated carbocycles. The highest BCUT2D eigenvalue weighted by atomic mass is 127. The summed E-state index contributed by atoms with van der Waals surface area (Å²) in [6, 6.07) is 18.0. The van der Waals surface area contributed by atoms with Crippen molar-refractivity contribution in [1.29, 1.82) is 0 Å². The maximum atomic E-state index is 12.5. The molecular formula is C25H22INO3. The first-order chi connectivity index (χ1) is 14.5. The van der Waals surface area contributed by atoms with Crippen LogP contribution in [-0.2, 0) is 9.53 Å². The summed E-state index contributed by atoms with van der Waals surface area (Å²) >= 11 is 2.30. The van der Waals surface area contributed by atoms with E-state index in [0.29, 0.717) is 17.9 Å². The van der Waals surface area contributed by atoms with E-state index in [1.54, 1.807) is 6.08 Å². The zero-order chi connectivity index (χ0) is 21.3. The number of aromatic nitrogens is 1. The normalized spacial score (nSPS) is 14.7. The van der Waals surface area contributed by atoms with Crippen molar-refractivity contribution >= 4 is 40.4 Å². The lowest BCUT2D eigenvalue weighted by molar-refractivity contribution is -0.130. The highest BCUT2D eigenvalue weighted by Gasteiger charge is 2.23. The maximum Gasteiger partial charge on any atom is 0.343 e. The van der Waals surface area contributed by atoms with E-state index in [0.717, 1.165) is 34.0 Å². The second-order valence-electron chi connectivity index (χ2n) is 7.09. The van der Waals surface area contributed by atoms with E-state index in [2.05, 4.69) is 71.3 Å². The summed E-state index contributed by atoms with van der Waals surface area (Å²) in [5.41, 5.74) is 5.69. The molecule has 30 heavy (non-hydrogen) atoms. The van der Waals surface area contributed by atoms with E-state index < -0.39 is 0 Å². The van der Waals surface area contributed by atoms with E-state index in [1.807, 2.05) is 37.3 Å². The maximum absolute atomic E-state index is 12.5. The Kier molecular flexibility index (Phi) is 5.81. The summed E-state index contributed by atoms with van der Waals surface area (Å²) in [4.78, 5) is 12.5. The van der Waals surface area contributed by atoms with Gasteiger partial charge in [0.1, 0.15) is 11.5 Å². The van der Waals surface area contributed by atoms with Crippen LogP contribution in [0.4, 0.5) is 0 Å². The number of nitrogens with zero attached hydrogens (tertiary/aromatic N) is 1. The van der Waals surface area contributed by atoms with Crippen LogP contribution in [0.2, 0.25) is 0 Å². The smallest absolute Gasteiger partial charge is 0.343 e. The first-order valence-electron chi connectivity index (χ1n) is 9.80. The molecular weight excluding hydrogens is 489 g/mol. The summed E-state index contributed by atoms with van der Waals surface area (Å²) in [7, 11) is 0. The molecule has 1 aromatic heterocycles. The van der Waals surface area contributed by atoms with Crippen molar-refractivity contribution in [1.82, 2.24) is 4.57 Å². The number of hydrogen-bond acceptors (Lipinski definition) is 3. The van der Waals surface area contributed by atoms with Gasteiger partial charge in [-0.15, -0.1) is 0 Å². The number of halogens is 1. The third-order valence-corrected chi connectivity index (χ3v) is 5.76. The highest BCUT2D eigenvalue weighted by Crippen LogP contribution is 2.30. The fraction of sp³-hybridized carbons (Fsp3) is 0.160. The van der Waals surface area contributed by atoms with Gasteiger partial charge in [-0.2, -0.15) is 0 Å². The van der Waals surface area contributed by atoms with Gasteiger partial charge in [-0.3, -0.25) is 0 Å². The standard InChI is InChI=1S/C25H22INO3/c1-4-29-23-11-5-18(6-12-23)24-15-20(25(28)30-24)14-19-13-16(2)27(17(19)3)22-9-7-21(26)8-10-22/h5-15H,4H2,1-3H3/b20-14-. The number of ether oxygens (including phenoxy) is 2. The fourth-order valence-electron chi connectivity index (χ4n) is 3.60. The van der Waals surface area contributed by atoms with Crippen LogP contribution in [0.5, 0.6) is 5.75 Å². The Balaban J connectivity index is 1.65. The third kappa shape index (κ3) is 4.07. The number of carbonyl (C=O) groups excluding carboxylic acids is 1. The minimum absolute atomic E-state index is 0.335. The molecule has 152 valence electrons. The highest BCUT2D eigenvalue weighted by molar-refractivity contribution is 14.1. The van der Waals surface area contributed by atoms with Gasteiger partial charge in [0.05, 0.1) is 12.2 Å². The van der Waals surface area contributed by atoms with Crippen molar-refractivity contribution in [3.8, 4) is 11.4 Å². The fourth-order valence-corrected chi connectivity index (χ4v) is 3.96. The van der Waals surface area contributed by atoms with Crippen LogP contribution < -0.4 is 4.74 Å². The van der Waals surface area contributed by atoms with Crippen LogP contribution in [0.1, 0.15) is 29.4 Å². The lowest BCUT2D eigenvalue weighted by Crippen LogP contribution is -1.99. The van der Waals surface area contributed by atoms with Crippen molar-refractivity contribution in [3.63, 3.8) is 0 Å². The first kappa shape index (κ1) is 20.5. The minimum atomic E-state index is -0.335. The van der Waals surface area contributed by atoms with Crippen molar-refractivity contribution in [2.75, 3.05) is 6.61 Å². The third-order valence-electron chi connectivity index (χ3n) is 5.04. The molecule has 4 rings (SSSR count). The van der Waals surface area contributed by atoms with Crippen molar-refractivity contribution in [3.05, 3.63) is 92.3 Å². The molecule has 0 aliphatic carbocycles. The SMILES string of the molecule is CCOc1ccc(C2=C/C(=C/c3cc(C)n(-c4ccc(I)cc4)c3C)C(=O)O2)cc1. The molecule has 0 radical (unpaired) electrons. The molecule has 0 atom stereocenters. The molecule has 2 heterocycles. The van der Waals surface area contributed by atoms with Crippen LogP contribution >= 0.6 is 22.6 Å². The second kappa shape index (κ2) is 8.52. The second-order valence-corrected chi connectivity index (χ2v) is 8.34. The quantitative estimate of drug-likeness (QED) is 0.237. The van der Waals surface area contributed by atoms with E-state index >= 15 is 0 Å². The number of aryl methyl sites for hydroxylation is 1. The zero-order valence-electron chi connectivity index (χ0n) is 17.1. The molecule has 0 fully saturated rings. The predicted octanol–water partition coefficient (Wildman–Crippen LogP) is 6.08. The molecule has 0 saturated heterocycles. The van der Waals surface area contributed by atoms with Crippen LogP contribution in [0, 0.1) is 17.4 Å². The predicted molar refractivity (Wildman–Crippen MR) is 128 cm³/mol. The van der Waals surface area contributed by atoms with Gasteiger partial charge in [-0.25, -0.2) is 4.79 Å². The summed E-state index contributed by atoms with van der Waals surface area (Å²) in [5, 5.41) is 0. The first-order valence-corrected chi connectivity index (χ1v) is 10.9. The molecule has 0 amide bonds. The molecule has 5 heteroatoms. The lowest BCUT2D eigenvalue weighted by atomic mass is 10.1. The lowest BCUT2D eigenvalue weighted by Gasteiger charge is -2.09. The van der Waals surface area contributed by atoms with Crippen molar-refractivity contribution in [2.24, 2.45) is 0 Å². The Morgan fingerprint density at radius 1 is 1.07 bits per heavy atom. The van der Waals surface area contributed by atoms with Gasteiger partial charge < -0.3 is 14.0 Å². The number of hydrogen-bond donors (Lipinski definition) is 0. The monoisotopic (exact) mass is 511 g/mol. The summed E-state index contributed by atoms with van der Waals surface area (Å²) in [6.45, 7) is 6.70. The topological polar surface area (TPSA) is 40.5 Å². The minimum Gasteiger partial charge on any atom is -0.494 e. The van der Waals surface area contributed by atoms with Gasteiger partial charge >= 0.3 is 5.97 Å². The molecule has 2 aromatic carbocycles. The molecule has 3 aromatic rings. The summed E-state index contributed by atoms with van der Waals surface area (Å²) < 4.78 is 14.4. The molecule has 0 N–H and O–H groups in total. The van der Waals surface area contributed by atoms with E-state index in [9.17, 15) is 4.79 Å². The van der Waals surface area contributed by atoms with Gasteiger partial charge in [-0.1, -0.05) is 0 Å². The Bertz CT molecular complexity index is 1150. The Hall–Kier alpha value is -2.80. The van der Waals surface area contributed by atoms with Crippen LogP contribution in [0.15, 0.2) is 66.2 Å². The van der Waals surface area contributed by atoms with E-state index in [1.165, 1.54) is 3.57 Å². The van der Waals surface area contributed by atoms with Crippen molar-refractivity contribution in [2.45, 2.75) is 20.8 Å². The largest absolute Gasteiger partial charge is 0.494 e. The van der Waals surface area contributed by atoms with Gasteiger partial charge in [0, 0.05) is 26.2 Å². The van der Waals surface area contributed by atoms with Gasteiger partial charge in [-0.05, 0) is 116 Å². The molecule has 0 bridgehead atoms. The molecule has 1 aliphatic rings. The average Bonchev–Trinajstić information content (AvgIpc) is 3.23. The molecule has 4 nitrogen and oxygen atoms in total. The van der Waals surface area contributed by atoms with Crippen LogP contribution in [0.25, 0.3) is 17.5 Å². The number of carbonyl (C=O) groups is 1. The van der Waals surface area contributed by atoms with Gasteiger partial charge in [0.25, 0.3) is 0 Å². The number of rotatable bonds is 5. The number of cyclic esters (lactones) is 1. The van der Waals surface area contributed by atoms with Gasteiger partial charge in [0.2, 0.25) is 0 Å². The Morgan fingerprint density at radius 3 is 2.43 bits per heavy atom. The van der Waals surface area contributed by atoms with E-state index in [4.69, 9.17) is 9.47 Å². The van der Waals surface area contributed by atoms with Crippen LogP contribution in [-0.4, -0.2) is 17.1 Å². The average molecular weight is 511 g/mol. The molecule has 0 spiro atoms. The number of benzene rings is 2. The Morgan fingerprint density at radius 2 is 1.77 bits per heavy atom. The molecule has 1 aliphatic heterocycles. The zero-order valence-corrected chi connectivity index (χ0v) is 19.3. The van der Waals surface area contributed by atoms with Crippen molar-refractivity contribution < 1.29 is 14.3 Å². The molecule has 0 unspecified atom stereocenters. The van der Waals surface area contributed by atoms with Crippen LogP contribution in [0.3, 0.4) is 0 Å². The van der Waals surface area contributed by atoms with Gasteiger partial charge in [0.15, 0.2) is 0 Å².